The quantitative estimate of drug-likeness (QED) is 0.789. The Balaban J connectivity index is 2.22. The zero-order chi connectivity index (χ0) is 13.8. The molecule has 2 aromatic rings. The Labute approximate surface area is 110 Å². The molecule has 0 saturated heterocycles. The van der Waals surface area contributed by atoms with Crippen molar-refractivity contribution in [2.75, 3.05) is 7.11 Å². The minimum Gasteiger partial charge on any atom is -0.465 e. The van der Waals surface area contributed by atoms with E-state index >= 15 is 0 Å². The molecule has 0 amide bonds. The lowest BCUT2D eigenvalue weighted by Crippen LogP contribution is -2.02. The fraction of sp³-hybridized carbons (Fsp3) is 0.133. The highest BCUT2D eigenvalue weighted by Crippen LogP contribution is 2.25. The third-order valence-electron chi connectivity index (χ3n) is 2.60. The average Bonchev–Trinajstić information content (AvgIpc) is 2.42. The van der Waals surface area contributed by atoms with Crippen LogP contribution in [-0.2, 0) is 4.74 Å². The average molecular weight is 260 g/mol. The first kappa shape index (κ1) is 13.1. The van der Waals surface area contributed by atoms with Crippen LogP contribution in [0.1, 0.15) is 15.9 Å². The van der Waals surface area contributed by atoms with Crippen LogP contribution in [-0.4, -0.2) is 13.1 Å². The van der Waals surface area contributed by atoms with E-state index in [1.165, 1.54) is 19.2 Å². The highest BCUT2D eigenvalue weighted by atomic mass is 19.1. The van der Waals surface area contributed by atoms with Gasteiger partial charge < -0.3 is 9.47 Å². The number of halogens is 1. The van der Waals surface area contributed by atoms with Gasteiger partial charge in [0.2, 0.25) is 0 Å². The molecule has 19 heavy (non-hydrogen) atoms. The van der Waals surface area contributed by atoms with Gasteiger partial charge in [-0.3, -0.25) is 0 Å². The molecule has 2 aromatic carbocycles. The van der Waals surface area contributed by atoms with Crippen molar-refractivity contribution < 1.29 is 18.7 Å². The Morgan fingerprint density at radius 3 is 2.37 bits per heavy atom. The maximum atomic E-state index is 13.8. The normalized spacial score (nSPS) is 10.1. The molecule has 0 bridgehead atoms. The third-order valence-corrected chi connectivity index (χ3v) is 2.60. The number of esters is 1. The summed E-state index contributed by atoms with van der Waals surface area (Å²) in [6.07, 6.45) is 0. The molecule has 4 heteroatoms. The van der Waals surface area contributed by atoms with Gasteiger partial charge >= 0.3 is 5.97 Å². The van der Waals surface area contributed by atoms with Crippen molar-refractivity contribution in [3.8, 4) is 11.5 Å². The van der Waals surface area contributed by atoms with Crippen molar-refractivity contribution in [3.05, 3.63) is 59.4 Å². The van der Waals surface area contributed by atoms with E-state index < -0.39 is 11.8 Å². The number of hydrogen-bond donors (Lipinski definition) is 0. The fourth-order valence-corrected chi connectivity index (χ4v) is 1.56. The Morgan fingerprint density at radius 2 is 1.79 bits per heavy atom. The lowest BCUT2D eigenvalue weighted by atomic mass is 10.2. The number of benzene rings is 2. The van der Waals surface area contributed by atoms with Crippen LogP contribution >= 0.6 is 0 Å². The van der Waals surface area contributed by atoms with Gasteiger partial charge in [0.25, 0.3) is 0 Å². The molecule has 0 unspecified atom stereocenters. The van der Waals surface area contributed by atoms with E-state index in [-0.39, 0.29) is 11.3 Å². The van der Waals surface area contributed by atoms with Crippen LogP contribution in [0.5, 0.6) is 11.5 Å². The highest BCUT2D eigenvalue weighted by molar-refractivity contribution is 5.89. The van der Waals surface area contributed by atoms with Crippen LogP contribution in [0.3, 0.4) is 0 Å². The van der Waals surface area contributed by atoms with E-state index in [4.69, 9.17) is 4.74 Å². The summed E-state index contributed by atoms with van der Waals surface area (Å²) in [4.78, 5) is 11.2. The molecule has 0 atom stereocenters. The second-order valence-corrected chi connectivity index (χ2v) is 4.05. The first-order valence-corrected chi connectivity index (χ1v) is 5.72. The Kier molecular flexibility index (Phi) is 3.80. The van der Waals surface area contributed by atoms with Crippen LogP contribution < -0.4 is 4.74 Å². The van der Waals surface area contributed by atoms with Gasteiger partial charge in [-0.05, 0) is 37.3 Å². The Hall–Kier alpha value is -2.36. The van der Waals surface area contributed by atoms with Gasteiger partial charge in [-0.15, -0.1) is 0 Å². The molecule has 0 aromatic heterocycles. The van der Waals surface area contributed by atoms with Crippen LogP contribution in [0, 0.1) is 12.7 Å². The van der Waals surface area contributed by atoms with Crippen molar-refractivity contribution in [3.63, 3.8) is 0 Å². The largest absolute Gasteiger partial charge is 0.465 e. The van der Waals surface area contributed by atoms with Gasteiger partial charge in [0.05, 0.1) is 12.7 Å². The van der Waals surface area contributed by atoms with Gasteiger partial charge in [0.1, 0.15) is 5.75 Å². The standard InChI is InChI=1S/C15H13FO3/c1-10-3-6-12(7-4-10)19-14-8-5-11(9-13(14)16)15(17)18-2/h3-9H,1-2H3. The molecule has 0 radical (unpaired) electrons. The molecule has 3 nitrogen and oxygen atoms in total. The first-order valence-electron chi connectivity index (χ1n) is 5.72. The van der Waals surface area contributed by atoms with Crippen LogP contribution in [0.2, 0.25) is 0 Å². The molecular formula is C15H13FO3. The second-order valence-electron chi connectivity index (χ2n) is 4.05. The Bertz CT molecular complexity index is 591. The van der Waals surface area contributed by atoms with E-state index in [0.717, 1.165) is 11.6 Å². The van der Waals surface area contributed by atoms with E-state index in [0.29, 0.717) is 5.75 Å². The minimum atomic E-state index is -0.608. The summed E-state index contributed by atoms with van der Waals surface area (Å²) in [7, 11) is 1.25. The monoisotopic (exact) mass is 260 g/mol. The van der Waals surface area contributed by atoms with Crippen molar-refractivity contribution in [1.82, 2.24) is 0 Å². The van der Waals surface area contributed by atoms with E-state index in [1.54, 1.807) is 12.1 Å². The van der Waals surface area contributed by atoms with Gasteiger partial charge in [-0.1, -0.05) is 17.7 Å². The van der Waals surface area contributed by atoms with E-state index in [1.807, 2.05) is 19.1 Å². The summed E-state index contributed by atoms with van der Waals surface area (Å²) in [6, 6.07) is 11.2. The van der Waals surface area contributed by atoms with E-state index in [9.17, 15) is 9.18 Å². The first-order chi connectivity index (χ1) is 9.10. The van der Waals surface area contributed by atoms with Crippen molar-refractivity contribution in [2.45, 2.75) is 6.92 Å². The summed E-state index contributed by atoms with van der Waals surface area (Å²) >= 11 is 0. The lowest BCUT2D eigenvalue weighted by molar-refractivity contribution is 0.0600. The Morgan fingerprint density at radius 1 is 1.11 bits per heavy atom. The topological polar surface area (TPSA) is 35.5 Å². The molecule has 0 saturated carbocycles. The maximum absolute atomic E-state index is 13.8. The van der Waals surface area contributed by atoms with Gasteiger partial charge in [0.15, 0.2) is 11.6 Å². The van der Waals surface area contributed by atoms with Crippen LogP contribution in [0.25, 0.3) is 0 Å². The summed E-state index contributed by atoms with van der Waals surface area (Å²) in [5.41, 5.74) is 1.24. The number of hydrogen-bond acceptors (Lipinski definition) is 3. The predicted molar refractivity (Wildman–Crippen MR) is 69.0 cm³/mol. The number of carbonyl (C=O) groups is 1. The molecule has 2 rings (SSSR count). The molecule has 0 N–H and O–H groups in total. The molecule has 0 spiro atoms. The number of carbonyl (C=O) groups excluding carboxylic acids is 1. The zero-order valence-corrected chi connectivity index (χ0v) is 10.6. The smallest absolute Gasteiger partial charge is 0.337 e. The van der Waals surface area contributed by atoms with Crippen molar-refractivity contribution in [1.29, 1.82) is 0 Å². The second kappa shape index (κ2) is 5.52. The van der Waals surface area contributed by atoms with Gasteiger partial charge in [0, 0.05) is 0 Å². The van der Waals surface area contributed by atoms with Gasteiger partial charge in [-0.25, -0.2) is 9.18 Å². The van der Waals surface area contributed by atoms with Crippen LogP contribution in [0.15, 0.2) is 42.5 Å². The molecule has 0 fully saturated rings. The van der Waals surface area contributed by atoms with Gasteiger partial charge in [-0.2, -0.15) is 0 Å². The lowest BCUT2D eigenvalue weighted by Gasteiger charge is -2.08. The maximum Gasteiger partial charge on any atom is 0.337 e. The molecule has 0 aliphatic carbocycles. The van der Waals surface area contributed by atoms with Crippen LogP contribution in [0.4, 0.5) is 4.39 Å². The molecule has 98 valence electrons. The number of methoxy groups -OCH3 is 1. The zero-order valence-electron chi connectivity index (χ0n) is 10.6. The fourth-order valence-electron chi connectivity index (χ4n) is 1.56. The highest BCUT2D eigenvalue weighted by Gasteiger charge is 2.11. The third kappa shape index (κ3) is 3.10. The summed E-state index contributed by atoms with van der Waals surface area (Å²) in [6.45, 7) is 1.95. The predicted octanol–water partition coefficient (Wildman–Crippen LogP) is 3.71. The van der Waals surface area contributed by atoms with Crippen molar-refractivity contribution >= 4 is 5.97 Å². The summed E-state index contributed by atoms with van der Waals surface area (Å²) in [5.74, 6) is -0.587. The SMILES string of the molecule is COC(=O)c1ccc(Oc2ccc(C)cc2)c(F)c1. The molecule has 0 aliphatic rings. The molecule has 0 heterocycles. The molecule has 0 aliphatic heterocycles. The molecular weight excluding hydrogens is 247 g/mol. The summed E-state index contributed by atoms with van der Waals surface area (Å²) in [5, 5.41) is 0. The number of aryl methyl sites for hydroxylation is 1. The summed E-state index contributed by atoms with van der Waals surface area (Å²) < 4.78 is 23.7. The van der Waals surface area contributed by atoms with Crippen molar-refractivity contribution in [2.24, 2.45) is 0 Å². The van der Waals surface area contributed by atoms with E-state index in [2.05, 4.69) is 4.74 Å². The number of ether oxygens (including phenoxy) is 2. The number of rotatable bonds is 3. The minimum absolute atomic E-state index is 0.0662.